The van der Waals surface area contributed by atoms with Gasteiger partial charge in [-0.2, -0.15) is 5.10 Å². The molecule has 0 fully saturated rings. The molecule has 0 aliphatic heterocycles. The number of aryl methyl sites for hydroxylation is 1. The molecule has 0 aliphatic carbocycles. The van der Waals surface area contributed by atoms with Crippen molar-refractivity contribution in [2.75, 3.05) is 0 Å². The summed E-state index contributed by atoms with van der Waals surface area (Å²) in [6.45, 7) is 0.966. The Morgan fingerprint density at radius 3 is 2.74 bits per heavy atom. The fourth-order valence-electron chi connectivity index (χ4n) is 1.99. The first-order valence-corrected chi connectivity index (χ1v) is 6.44. The SMILES string of the molecule is Cc1ccc(Cc2nn(CC(=O)O)c(=O)[nH]c2=O)c([N+](=O)[O-])c1. The van der Waals surface area contributed by atoms with Gasteiger partial charge in [0.2, 0.25) is 0 Å². The highest BCUT2D eigenvalue weighted by Gasteiger charge is 2.17. The van der Waals surface area contributed by atoms with Gasteiger partial charge in [-0.1, -0.05) is 12.1 Å². The summed E-state index contributed by atoms with van der Waals surface area (Å²) in [5, 5.41) is 23.5. The fraction of sp³-hybridized carbons (Fsp3) is 0.231. The van der Waals surface area contributed by atoms with Crippen molar-refractivity contribution in [1.82, 2.24) is 14.8 Å². The number of hydrogen-bond acceptors (Lipinski definition) is 6. The molecule has 0 unspecified atom stereocenters. The number of nitro benzene ring substituents is 1. The number of nitro groups is 1. The van der Waals surface area contributed by atoms with Crippen LogP contribution >= 0.6 is 0 Å². The molecule has 2 aromatic rings. The Kier molecular flexibility index (Phi) is 4.35. The van der Waals surface area contributed by atoms with Gasteiger partial charge in [-0.25, -0.2) is 9.48 Å². The average Bonchev–Trinajstić information content (AvgIpc) is 2.45. The summed E-state index contributed by atoms with van der Waals surface area (Å²) >= 11 is 0. The summed E-state index contributed by atoms with van der Waals surface area (Å²) in [4.78, 5) is 46.4. The summed E-state index contributed by atoms with van der Waals surface area (Å²) in [6.07, 6.45) is -0.203. The zero-order valence-electron chi connectivity index (χ0n) is 12.0. The first-order chi connectivity index (χ1) is 10.8. The summed E-state index contributed by atoms with van der Waals surface area (Å²) in [5.41, 5.74) is -1.22. The maximum Gasteiger partial charge on any atom is 0.345 e. The fourth-order valence-corrected chi connectivity index (χ4v) is 1.99. The number of H-pyrrole nitrogens is 1. The van der Waals surface area contributed by atoms with E-state index < -0.39 is 28.7 Å². The normalized spacial score (nSPS) is 10.5. The van der Waals surface area contributed by atoms with Gasteiger partial charge in [-0.05, 0) is 12.5 Å². The van der Waals surface area contributed by atoms with Crippen molar-refractivity contribution in [3.8, 4) is 0 Å². The number of nitrogens with one attached hydrogen (secondary N) is 1. The lowest BCUT2D eigenvalue weighted by molar-refractivity contribution is -0.385. The zero-order chi connectivity index (χ0) is 17.1. The van der Waals surface area contributed by atoms with E-state index in [0.29, 0.717) is 10.2 Å². The minimum absolute atomic E-state index is 0.179. The molecule has 0 spiro atoms. The predicted molar refractivity (Wildman–Crippen MR) is 77.4 cm³/mol. The monoisotopic (exact) mass is 320 g/mol. The van der Waals surface area contributed by atoms with Crippen LogP contribution < -0.4 is 11.2 Å². The molecule has 10 heteroatoms. The Balaban J connectivity index is 2.49. The smallest absolute Gasteiger partial charge is 0.345 e. The number of carbonyl (C=O) groups is 1. The topological polar surface area (TPSA) is 148 Å². The van der Waals surface area contributed by atoms with Gasteiger partial charge in [-0.15, -0.1) is 0 Å². The van der Waals surface area contributed by atoms with Gasteiger partial charge in [0.25, 0.3) is 11.2 Å². The summed E-state index contributed by atoms with van der Waals surface area (Å²) in [6, 6.07) is 4.49. The molecule has 23 heavy (non-hydrogen) atoms. The minimum Gasteiger partial charge on any atom is -0.480 e. The zero-order valence-corrected chi connectivity index (χ0v) is 12.0. The van der Waals surface area contributed by atoms with Crippen molar-refractivity contribution >= 4 is 11.7 Å². The molecule has 10 nitrogen and oxygen atoms in total. The first kappa shape index (κ1) is 16.1. The predicted octanol–water partition coefficient (Wildman–Crippen LogP) is -0.176. The molecule has 1 heterocycles. The van der Waals surface area contributed by atoms with E-state index in [0.717, 1.165) is 0 Å². The Bertz CT molecular complexity index is 898. The third-order valence-corrected chi connectivity index (χ3v) is 3.04. The quantitative estimate of drug-likeness (QED) is 0.573. The molecular weight excluding hydrogens is 308 g/mol. The van der Waals surface area contributed by atoms with Crippen LogP contribution in [-0.2, 0) is 17.8 Å². The third kappa shape index (κ3) is 3.67. The largest absolute Gasteiger partial charge is 0.480 e. The van der Waals surface area contributed by atoms with E-state index in [4.69, 9.17) is 5.11 Å². The molecule has 0 saturated carbocycles. The molecular formula is C13H12N4O6. The minimum atomic E-state index is -1.31. The van der Waals surface area contributed by atoms with Crippen LogP contribution in [0.5, 0.6) is 0 Å². The number of nitrogens with zero attached hydrogens (tertiary/aromatic N) is 3. The molecule has 0 saturated heterocycles. The molecule has 0 amide bonds. The van der Waals surface area contributed by atoms with Crippen LogP contribution in [0.1, 0.15) is 16.8 Å². The van der Waals surface area contributed by atoms with Crippen molar-refractivity contribution < 1.29 is 14.8 Å². The number of benzene rings is 1. The highest BCUT2D eigenvalue weighted by molar-refractivity contribution is 5.66. The van der Waals surface area contributed by atoms with Gasteiger partial charge in [0, 0.05) is 18.1 Å². The summed E-state index contributed by atoms with van der Waals surface area (Å²) < 4.78 is 0.582. The van der Waals surface area contributed by atoms with Crippen molar-refractivity contribution in [3.63, 3.8) is 0 Å². The highest BCUT2D eigenvalue weighted by Crippen LogP contribution is 2.21. The van der Waals surface area contributed by atoms with Gasteiger partial charge >= 0.3 is 11.7 Å². The third-order valence-electron chi connectivity index (χ3n) is 3.04. The van der Waals surface area contributed by atoms with Crippen LogP contribution in [0.3, 0.4) is 0 Å². The van der Waals surface area contributed by atoms with E-state index in [9.17, 15) is 24.5 Å². The van der Waals surface area contributed by atoms with Crippen LogP contribution in [0.15, 0.2) is 27.8 Å². The Morgan fingerprint density at radius 1 is 1.43 bits per heavy atom. The second-order valence-electron chi connectivity index (χ2n) is 4.82. The van der Waals surface area contributed by atoms with Crippen molar-refractivity contribution in [2.45, 2.75) is 19.9 Å². The summed E-state index contributed by atoms with van der Waals surface area (Å²) in [5.74, 6) is -1.31. The Labute approximate surface area is 128 Å². The number of hydrogen-bond donors (Lipinski definition) is 2. The van der Waals surface area contributed by atoms with Crippen molar-refractivity contribution in [3.05, 3.63) is 66.0 Å². The van der Waals surface area contributed by atoms with Gasteiger partial charge < -0.3 is 5.11 Å². The van der Waals surface area contributed by atoms with E-state index in [1.807, 2.05) is 4.98 Å². The van der Waals surface area contributed by atoms with E-state index in [1.54, 1.807) is 13.0 Å². The lowest BCUT2D eigenvalue weighted by atomic mass is 10.1. The standard InChI is InChI=1S/C13H12N4O6/c1-7-2-3-8(10(4-7)17(22)23)5-9-12(20)14-13(21)16(15-9)6-11(18)19/h2-4H,5-6H2,1H3,(H,18,19)(H,14,20,21). The van der Waals surface area contributed by atoms with E-state index in [-0.39, 0.29) is 23.4 Å². The summed E-state index contributed by atoms with van der Waals surface area (Å²) in [7, 11) is 0. The molecule has 2 N–H and O–H groups in total. The van der Waals surface area contributed by atoms with Crippen LogP contribution in [0.25, 0.3) is 0 Å². The molecule has 0 bridgehead atoms. The maximum atomic E-state index is 11.8. The number of carboxylic acid groups (broad SMARTS) is 1. The van der Waals surface area contributed by atoms with Gasteiger partial charge in [0.1, 0.15) is 12.2 Å². The maximum absolute atomic E-state index is 11.8. The Morgan fingerprint density at radius 2 is 2.13 bits per heavy atom. The van der Waals surface area contributed by atoms with E-state index in [1.165, 1.54) is 12.1 Å². The number of carboxylic acids is 1. The first-order valence-electron chi connectivity index (χ1n) is 6.44. The number of aliphatic carboxylic acids is 1. The molecule has 120 valence electrons. The lowest BCUT2D eigenvalue weighted by Gasteiger charge is -2.05. The van der Waals surface area contributed by atoms with Crippen LogP contribution in [0.2, 0.25) is 0 Å². The van der Waals surface area contributed by atoms with Gasteiger partial charge in [-0.3, -0.25) is 24.7 Å². The number of aromatic nitrogens is 3. The molecule has 1 aromatic heterocycles. The van der Waals surface area contributed by atoms with Crippen LogP contribution in [0.4, 0.5) is 5.69 Å². The van der Waals surface area contributed by atoms with Gasteiger partial charge in [0.15, 0.2) is 0 Å². The number of aromatic amines is 1. The number of rotatable bonds is 5. The highest BCUT2D eigenvalue weighted by atomic mass is 16.6. The molecule has 0 aliphatic rings. The van der Waals surface area contributed by atoms with Crippen molar-refractivity contribution in [2.24, 2.45) is 0 Å². The average molecular weight is 320 g/mol. The van der Waals surface area contributed by atoms with Crippen LogP contribution in [-0.4, -0.2) is 30.8 Å². The Hall–Kier alpha value is -3.30. The second kappa shape index (κ2) is 6.22. The van der Waals surface area contributed by atoms with Crippen molar-refractivity contribution in [1.29, 1.82) is 0 Å². The van der Waals surface area contributed by atoms with Gasteiger partial charge in [0.05, 0.1) is 4.92 Å². The lowest BCUT2D eigenvalue weighted by Crippen LogP contribution is -2.36. The molecule has 1 aromatic carbocycles. The van der Waals surface area contributed by atoms with E-state index >= 15 is 0 Å². The molecule has 2 rings (SSSR count). The molecule has 0 radical (unpaired) electrons. The van der Waals surface area contributed by atoms with E-state index in [2.05, 4.69) is 5.10 Å². The molecule has 0 atom stereocenters. The van der Waals surface area contributed by atoms with Crippen LogP contribution in [0, 0.1) is 17.0 Å². The second-order valence-corrected chi connectivity index (χ2v) is 4.82.